The number of aromatic nitrogens is 1. The van der Waals surface area contributed by atoms with E-state index in [1.54, 1.807) is 0 Å². The highest BCUT2D eigenvalue weighted by molar-refractivity contribution is 6.13. The van der Waals surface area contributed by atoms with E-state index in [0.717, 1.165) is 50.9 Å². The van der Waals surface area contributed by atoms with Crippen molar-refractivity contribution in [2.45, 2.75) is 12.5 Å². The Balaban J connectivity index is 0.850. The molecule has 1 unspecified atom stereocenters. The van der Waals surface area contributed by atoms with Gasteiger partial charge in [0.2, 0.25) is 0 Å². The van der Waals surface area contributed by atoms with Gasteiger partial charge < -0.3 is 13.9 Å². The van der Waals surface area contributed by atoms with Crippen molar-refractivity contribution in [3.63, 3.8) is 0 Å². The summed E-state index contributed by atoms with van der Waals surface area (Å²) >= 11 is 0. The first-order chi connectivity index (χ1) is 35.2. The minimum absolute atomic E-state index is 0.0222. The number of rotatable bonds is 8. The Morgan fingerprint density at radius 3 is 1.65 bits per heavy atom. The minimum atomic E-state index is 0.0222. The number of nitrogens with zero attached hydrogens (tertiary/aromatic N) is 2. The third-order valence-corrected chi connectivity index (χ3v) is 14.8. The van der Waals surface area contributed by atoms with Gasteiger partial charge in [-0.3, -0.25) is 0 Å². The van der Waals surface area contributed by atoms with Crippen LogP contribution in [0, 0.1) is 0 Å². The molecule has 14 rings (SSSR count). The quantitative estimate of drug-likeness (QED) is 0.142. The predicted molar refractivity (Wildman–Crippen MR) is 300 cm³/mol. The fourth-order valence-corrected chi connectivity index (χ4v) is 11.5. The van der Waals surface area contributed by atoms with Crippen LogP contribution in [-0.4, -0.2) is 10.6 Å². The summed E-state index contributed by atoms with van der Waals surface area (Å²) in [5, 5.41) is 9.86. The van der Waals surface area contributed by atoms with Crippen LogP contribution in [-0.2, 0) is 0 Å². The molecule has 0 saturated heterocycles. The molecule has 11 aromatic carbocycles. The first-order valence-corrected chi connectivity index (χ1v) is 24.6. The summed E-state index contributed by atoms with van der Waals surface area (Å²) < 4.78 is 8.92. The fraction of sp³-hybridized carbons (Fsp3) is 0.0294. The third-order valence-electron chi connectivity index (χ3n) is 14.8. The van der Waals surface area contributed by atoms with E-state index in [1.165, 1.54) is 82.4 Å². The van der Waals surface area contributed by atoms with Gasteiger partial charge in [-0.1, -0.05) is 206 Å². The summed E-state index contributed by atoms with van der Waals surface area (Å²) in [5.41, 5.74) is 17.2. The summed E-state index contributed by atoms with van der Waals surface area (Å²) in [7, 11) is 0. The Kier molecular flexibility index (Phi) is 9.67. The zero-order valence-corrected chi connectivity index (χ0v) is 38.9. The van der Waals surface area contributed by atoms with Gasteiger partial charge >= 0.3 is 0 Å². The van der Waals surface area contributed by atoms with Crippen LogP contribution in [0.5, 0.6) is 0 Å². The number of para-hydroxylation sites is 5. The molecule has 71 heavy (non-hydrogen) atoms. The summed E-state index contributed by atoms with van der Waals surface area (Å²) in [6, 6.07) is 88.4. The standard InChI is InChI=1S/C68H46N2O/c1-2-17-52-49(16-1)44-62(56-20-4-3-19-55(52)56)59-23-8-11-28-64(59)69(51-42-38-48(39-43-51)54-25-15-26-61-60-24-9-14-31-67(60)71-68(54)61)50-40-36-46(37-41-50)45-32-34-47(35-33-45)53-18-5-10-27-63(53)70-65-29-12-6-21-57(65)58-22-7-13-30-66(58)70/h1-27,29-44,64H,28H2. The van der Waals surface area contributed by atoms with Crippen molar-refractivity contribution in [1.29, 1.82) is 0 Å². The summed E-state index contributed by atoms with van der Waals surface area (Å²) in [6.07, 6.45) is 7.74. The second-order valence-electron chi connectivity index (χ2n) is 18.7. The lowest BCUT2D eigenvalue weighted by Gasteiger charge is -2.37. The lowest BCUT2D eigenvalue weighted by Crippen LogP contribution is -2.33. The van der Waals surface area contributed by atoms with Gasteiger partial charge in [-0.25, -0.2) is 0 Å². The fourth-order valence-electron chi connectivity index (χ4n) is 11.5. The average Bonchev–Trinajstić information content (AvgIpc) is 4.00. The van der Waals surface area contributed by atoms with Crippen molar-refractivity contribution < 1.29 is 4.42 Å². The highest BCUT2D eigenvalue weighted by Crippen LogP contribution is 2.44. The second-order valence-corrected chi connectivity index (χ2v) is 18.7. The van der Waals surface area contributed by atoms with Crippen LogP contribution in [0.15, 0.2) is 265 Å². The van der Waals surface area contributed by atoms with Crippen molar-refractivity contribution in [2.75, 3.05) is 4.90 Å². The smallest absolute Gasteiger partial charge is 0.143 e. The number of hydrogen-bond donors (Lipinski definition) is 0. The molecule has 0 aliphatic heterocycles. The van der Waals surface area contributed by atoms with Gasteiger partial charge in [0.05, 0.1) is 22.8 Å². The molecule has 3 nitrogen and oxygen atoms in total. The van der Waals surface area contributed by atoms with Gasteiger partial charge in [0.1, 0.15) is 11.2 Å². The largest absolute Gasteiger partial charge is 0.455 e. The van der Waals surface area contributed by atoms with E-state index in [0.29, 0.717) is 0 Å². The molecule has 13 aromatic rings. The van der Waals surface area contributed by atoms with Crippen molar-refractivity contribution in [3.8, 4) is 39.1 Å². The number of fused-ring (bicyclic) bond motifs is 9. The molecule has 0 fully saturated rings. The Morgan fingerprint density at radius 1 is 0.394 bits per heavy atom. The lowest BCUT2D eigenvalue weighted by atomic mass is 9.86. The molecule has 1 aliphatic carbocycles. The van der Waals surface area contributed by atoms with E-state index < -0.39 is 0 Å². The first kappa shape index (κ1) is 40.8. The highest BCUT2D eigenvalue weighted by atomic mass is 16.3. The summed E-state index contributed by atoms with van der Waals surface area (Å²) in [6.45, 7) is 0. The maximum absolute atomic E-state index is 6.51. The van der Waals surface area contributed by atoms with Crippen LogP contribution < -0.4 is 4.90 Å². The normalized spacial score (nSPS) is 13.7. The zero-order valence-electron chi connectivity index (χ0n) is 38.9. The highest BCUT2D eigenvalue weighted by Gasteiger charge is 2.28. The number of anilines is 2. The van der Waals surface area contributed by atoms with Gasteiger partial charge in [-0.15, -0.1) is 0 Å². The predicted octanol–water partition coefficient (Wildman–Crippen LogP) is 18.5. The monoisotopic (exact) mass is 906 g/mol. The zero-order chi connectivity index (χ0) is 46.8. The van der Waals surface area contributed by atoms with Crippen molar-refractivity contribution in [3.05, 3.63) is 266 Å². The maximum Gasteiger partial charge on any atom is 0.143 e. The molecule has 0 amide bonds. The SMILES string of the molecule is C1=CCC(N(c2ccc(-c3ccc(-c4ccccc4-n4c5ccccc5c5ccccc54)cc3)cc2)c2ccc(-c3cccc4c3oc3ccccc34)cc2)C(c2cc3ccccc3c3ccccc23)=C1. The molecule has 0 bridgehead atoms. The molecule has 2 heterocycles. The molecule has 1 atom stereocenters. The van der Waals surface area contributed by atoms with Crippen LogP contribution >= 0.6 is 0 Å². The van der Waals surface area contributed by atoms with E-state index in [1.807, 2.05) is 6.07 Å². The Morgan fingerprint density at radius 2 is 0.915 bits per heavy atom. The molecule has 334 valence electrons. The molecular weight excluding hydrogens is 861 g/mol. The number of furan rings is 1. The Hall–Kier alpha value is -9.18. The first-order valence-electron chi connectivity index (χ1n) is 24.6. The third kappa shape index (κ3) is 6.81. The van der Waals surface area contributed by atoms with E-state index >= 15 is 0 Å². The molecule has 0 radical (unpaired) electrons. The number of hydrogen-bond acceptors (Lipinski definition) is 2. The van der Waals surface area contributed by atoms with E-state index in [9.17, 15) is 0 Å². The molecule has 0 spiro atoms. The Labute approximate surface area is 412 Å². The number of allylic oxidation sites excluding steroid dienone is 2. The summed E-state index contributed by atoms with van der Waals surface area (Å²) in [4.78, 5) is 2.54. The van der Waals surface area contributed by atoms with Crippen molar-refractivity contribution >= 4 is 82.2 Å². The molecule has 0 N–H and O–H groups in total. The molecule has 3 heteroatoms. The van der Waals surface area contributed by atoms with Gasteiger partial charge in [-0.2, -0.15) is 0 Å². The molecular formula is C68H46N2O. The van der Waals surface area contributed by atoms with Gasteiger partial charge in [0, 0.05) is 44.0 Å². The number of benzene rings is 11. The van der Waals surface area contributed by atoms with Crippen LogP contribution in [0.1, 0.15) is 12.0 Å². The van der Waals surface area contributed by atoms with Crippen molar-refractivity contribution in [2.24, 2.45) is 0 Å². The molecule has 2 aromatic heterocycles. The average molecular weight is 907 g/mol. The Bertz CT molecular complexity index is 4190. The lowest BCUT2D eigenvalue weighted by molar-refractivity contribution is 0.670. The summed E-state index contributed by atoms with van der Waals surface area (Å²) in [5.74, 6) is 0. The van der Waals surface area contributed by atoms with Crippen LogP contribution in [0.25, 0.3) is 110 Å². The van der Waals surface area contributed by atoms with E-state index in [-0.39, 0.29) is 6.04 Å². The second kappa shape index (κ2) is 16.8. The van der Waals surface area contributed by atoms with Crippen LogP contribution in [0.4, 0.5) is 11.4 Å². The van der Waals surface area contributed by atoms with Gasteiger partial charge in [0.15, 0.2) is 0 Å². The van der Waals surface area contributed by atoms with Crippen LogP contribution in [0.3, 0.4) is 0 Å². The van der Waals surface area contributed by atoms with E-state index in [4.69, 9.17) is 4.42 Å². The van der Waals surface area contributed by atoms with E-state index in [2.05, 4.69) is 264 Å². The topological polar surface area (TPSA) is 21.3 Å². The molecule has 0 saturated carbocycles. The van der Waals surface area contributed by atoms with Gasteiger partial charge in [0.25, 0.3) is 0 Å². The molecule has 1 aliphatic rings. The van der Waals surface area contributed by atoms with Gasteiger partial charge in [-0.05, 0) is 116 Å². The maximum atomic E-state index is 6.51. The minimum Gasteiger partial charge on any atom is -0.455 e. The van der Waals surface area contributed by atoms with Crippen LogP contribution in [0.2, 0.25) is 0 Å². The van der Waals surface area contributed by atoms with Crippen molar-refractivity contribution in [1.82, 2.24) is 4.57 Å².